The summed E-state index contributed by atoms with van der Waals surface area (Å²) < 4.78 is 17.3. The van der Waals surface area contributed by atoms with Gasteiger partial charge in [-0.15, -0.1) is 0 Å². The minimum Gasteiger partial charge on any atom is -0.497 e. The summed E-state index contributed by atoms with van der Waals surface area (Å²) in [6, 6.07) is 6.29. The lowest BCUT2D eigenvalue weighted by molar-refractivity contribution is -0.189. The van der Waals surface area contributed by atoms with Crippen LogP contribution in [0.15, 0.2) is 18.2 Å². The number of carbonyl (C=O) groups excluding carboxylic acids is 3. The van der Waals surface area contributed by atoms with E-state index < -0.39 is 22.7 Å². The monoisotopic (exact) mass is 541 g/mol. The Bertz CT molecular complexity index is 1130. The van der Waals surface area contributed by atoms with Crippen LogP contribution >= 0.6 is 0 Å². The number of esters is 1. The number of rotatable bonds is 8. The first-order valence-electron chi connectivity index (χ1n) is 14.3. The number of benzene rings is 1. The third-order valence-electron chi connectivity index (χ3n) is 8.98. The lowest BCUT2D eigenvalue weighted by atomic mass is 9.56. The van der Waals surface area contributed by atoms with E-state index >= 15 is 0 Å². The van der Waals surface area contributed by atoms with Gasteiger partial charge in [-0.25, -0.2) is 4.79 Å². The highest BCUT2D eigenvalue weighted by molar-refractivity contribution is 5.80. The Morgan fingerprint density at radius 3 is 2.51 bits per heavy atom. The van der Waals surface area contributed by atoms with E-state index in [0.717, 1.165) is 37.2 Å². The number of carbonyl (C=O) groups is 3. The summed E-state index contributed by atoms with van der Waals surface area (Å²) in [4.78, 5) is 40.7. The molecule has 214 valence electrons. The van der Waals surface area contributed by atoms with Gasteiger partial charge in [0.05, 0.1) is 13.2 Å². The molecule has 5 rings (SSSR count). The first kappa shape index (κ1) is 27.7. The quantitative estimate of drug-likeness (QED) is 0.384. The number of nitrogens with one attached hydrogen (secondary N) is 2. The normalized spacial score (nSPS) is 29.6. The van der Waals surface area contributed by atoms with E-state index in [2.05, 4.69) is 27.7 Å². The number of nitrogens with zero attached hydrogens (tertiary/aromatic N) is 1. The Morgan fingerprint density at radius 1 is 1.10 bits per heavy atom. The maximum absolute atomic E-state index is 13.5. The minimum atomic E-state index is -0.776. The zero-order chi connectivity index (χ0) is 28.0. The van der Waals surface area contributed by atoms with Gasteiger partial charge >= 0.3 is 12.1 Å². The van der Waals surface area contributed by atoms with Gasteiger partial charge < -0.3 is 24.8 Å². The number of hydrogen-bond acceptors (Lipinski definition) is 7. The minimum absolute atomic E-state index is 0.0308. The fraction of sp³-hybridized carbons (Fsp3) is 0.700. The van der Waals surface area contributed by atoms with Crippen molar-refractivity contribution in [1.82, 2.24) is 15.5 Å². The van der Waals surface area contributed by atoms with E-state index in [9.17, 15) is 14.4 Å². The van der Waals surface area contributed by atoms with Crippen molar-refractivity contribution in [3.8, 4) is 5.75 Å². The van der Waals surface area contributed by atoms with Crippen LogP contribution in [0.1, 0.15) is 70.9 Å². The van der Waals surface area contributed by atoms with Crippen LogP contribution < -0.4 is 15.4 Å². The average molecular weight is 542 g/mol. The standard InChI is InChI=1S/C30H43N3O6/c1-19(34)38-30-17-22(26(35)31-11-12-32-27(36)39-28(2,3)4)16-29(30)10-13-33(18-20-6-7-20)25(30)14-21-8-9-23(37-5)15-24(21)29/h8-9,15,20,22,25H,6-7,10-14,16-18H2,1-5H3,(H,31,35)(H,32,36)/t22?,25-,29-,30-/m1/s1. The molecule has 9 heteroatoms. The summed E-state index contributed by atoms with van der Waals surface area (Å²) in [5, 5.41) is 5.71. The molecule has 4 atom stereocenters. The number of ether oxygens (including phenoxy) is 3. The maximum atomic E-state index is 13.5. The second kappa shape index (κ2) is 10.3. The van der Waals surface area contributed by atoms with Gasteiger partial charge in [-0.05, 0) is 88.6 Å². The summed E-state index contributed by atoms with van der Waals surface area (Å²) in [5.74, 6) is 0.806. The Hall–Kier alpha value is -2.81. The molecule has 3 aliphatic carbocycles. The predicted octanol–water partition coefficient (Wildman–Crippen LogP) is 3.33. The predicted molar refractivity (Wildman–Crippen MR) is 146 cm³/mol. The number of likely N-dealkylation sites (tertiary alicyclic amines) is 1. The number of amides is 2. The Morgan fingerprint density at radius 2 is 1.85 bits per heavy atom. The van der Waals surface area contributed by atoms with Gasteiger partial charge in [0, 0.05) is 44.3 Å². The molecular formula is C30H43N3O6. The third kappa shape index (κ3) is 5.34. The lowest BCUT2D eigenvalue weighted by Gasteiger charge is -2.60. The number of hydrogen-bond donors (Lipinski definition) is 2. The van der Waals surface area contributed by atoms with Gasteiger partial charge in [0.2, 0.25) is 5.91 Å². The molecule has 0 spiro atoms. The van der Waals surface area contributed by atoms with E-state index in [1.807, 2.05) is 26.8 Å². The number of piperidine rings is 1. The first-order valence-corrected chi connectivity index (χ1v) is 14.3. The summed E-state index contributed by atoms with van der Waals surface area (Å²) in [6.07, 6.45) is 4.71. The van der Waals surface area contributed by atoms with Crippen molar-refractivity contribution >= 4 is 18.0 Å². The van der Waals surface area contributed by atoms with Crippen molar-refractivity contribution in [1.29, 1.82) is 0 Å². The Kier molecular flexibility index (Phi) is 7.33. The van der Waals surface area contributed by atoms with Crippen LogP contribution in [0.5, 0.6) is 5.75 Å². The van der Waals surface area contributed by atoms with E-state index in [4.69, 9.17) is 14.2 Å². The zero-order valence-electron chi connectivity index (χ0n) is 23.9. The molecule has 1 unspecified atom stereocenters. The van der Waals surface area contributed by atoms with Gasteiger partial charge in [-0.2, -0.15) is 0 Å². The van der Waals surface area contributed by atoms with Crippen LogP contribution in [-0.2, 0) is 30.9 Å². The average Bonchev–Trinajstić information content (AvgIpc) is 3.60. The Balaban J connectivity index is 1.40. The molecule has 39 heavy (non-hydrogen) atoms. The van der Waals surface area contributed by atoms with Crippen LogP contribution in [0.3, 0.4) is 0 Å². The highest BCUT2D eigenvalue weighted by Gasteiger charge is 2.70. The van der Waals surface area contributed by atoms with Crippen molar-refractivity contribution in [2.75, 3.05) is 33.3 Å². The van der Waals surface area contributed by atoms with Gasteiger partial charge in [-0.3, -0.25) is 14.5 Å². The van der Waals surface area contributed by atoms with E-state index in [1.54, 1.807) is 7.11 Å². The highest BCUT2D eigenvalue weighted by atomic mass is 16.6. The van der Waals surface area contributed by atoms with E-state index in [-0.39, 0.29) is 30.4 Å². The van der Waals surface area contributed by atoms with Crippen molar-refractivity contribution in [2.45, 2.75) is 88.9 Å². The molecular weight excluding hydrogens is 498 g/mol. The summed E-state index contributed by atoms with van der Waals surface area (Å²) in [6.45, 7) is 9.42. The molecule has 2 amide bonds. The molecule has 1 aliphatic heterocycles. The topological polar surface area (TPSA) is 106 Å². The van der Waals surface area contributed by atoms with E-state index in [0.29, 0.717) is 25.3 Å². The van der Waals surface area contributed by atoms with Crippen LogP contribution in [0.2, 0.25) is 0 Å². The molecule has 1 aromatic rings. The van der Waals surface area contributed by atoms with Gasteiger partial charge in [0.1, 0.15) is 17.0 Å². The largest absolute Gasteiger partial charge is 0.497 e. The molecule has 0 radical (unpaired) electrons. The number of alkyl carbamates (subject to hydrolysis) is 1. The smallest absolute Gasteiger partial charge is 0.407 e. The lowest BCUT2D eigenvalue weighted by Crippen LogP contribution is -2.70. The van der Waals surface area contributed by atoms with Crippen LogP contribution in [-0.4, -0.2) is 73.4 Å². The zero-order valence-corrected chi connectivity index (χ0v) is 23.9. The molecule has 1 aromatic carbocycles. The fourth-order valence-electron chi connectivity index (χ4n) is 7.37. The molecule has 9 nitrogen and oxygen atoms in total. The van der Waals surface area contributed by atoms with Gasteiger partial charge in [0.25, 0.3) is 0 Å². The molecule has 2 saturated carbocycles. The molecule has 4 aliphatic rings. The third-order valence-corrected chi connectivity index (χ3v) is 8.98. The second-order valence-corrected chi connectivity index (χ2v) is 12.8. The van der Waals surface area contributed by atoms with E-state index in [1.165, 1.54) is 25.3 Å². The van der Waals surface area contributed by atoms with Crippen molar-refractivity contribution in [3.05, 3.63) is 29.3 Å². The SMILES string of the molecule is COc1ccc2c(c1)[C@]13CCN(CC4CC4)[C@H](C2)[C@]1(OC(C)=O)CC(C(=O)NCCNC(=O)OC(C)(C)C)C3. The van der Waals surface area contributed by atoms with Crippen LogP contribution in [0.25, 0.3) is 0 Å². The van der Waals surface area contributed by atoms with Gasteiger partial charge in [0.15, 0.2) is 0 Å². The second-order valence-electron chi connectivity index (χ2n) is 12.8. The van der Waals surface area contributed by atoms with Crippen LogP contribution in [0.4, 0.5) is 4.79 Å². The van der Waals surface area contributed by atoms with Crippen LogP contribution in [0, 0.1) is 11.8 Å². The molecule has 2 bridgehead atoms. The van der Waals surface area contributed by atoms with Crippen molar-refractivity contribution in [2.24, 2.45) is 11.8 Å². The molecule has 3 fully saturated rings. The van der Waals surface area contributed by atoms with Gasteiger partial charge in [-0.1, -0.05) is 6.07 Å². The first-order chi connectivity index (χ1) is 18.5. The summed E-state index contributed by atoms with van der Waals surface area (Å²) >= 11 is 0. The number of methoxy groups -OCH3 is 1. The maximum Gasteiger partial charge on any atom is 0.407 e. The number of fused-ring (bicyclic) bond motifs is 1. The Labute approximate surface area is 231 Å². The summed E-state index contributed by atoms with van der Waals surface area (Å²) in [7, 11) is 1.67. The molecule has 0 aromatic heterocycles. The van der Waals surface area contributed by atoms with Crippen molar-refractivity contribution < 1.29 is 28.6 Å². The molecule has 1 saturated heterocycles. The van der Waals surface area contributed by atoms with Crippen molar-refractivity contribution in [3.63, 3.8) is 0 Å². The highest BCUT2D eigenvalue weighted by Crippen LogP contribution is 2.63. The summed E-state index contributed by atoms with van der Waals surface area (Å²) in [5.41, 5.74) is 0.603. The molecule has 2 N–H and O–H groups in total. The fourth-order valence-corrected chi connectivity index (χ4v) is 7.37. The molecule has 1 heterocycles.